The van der Waals surface area contributed by atoms with Gasteiger partial charge in [0.2, 0.25) is 0 Å². The lowest BCUT2D eigenvalue weighted by Crippen LogP contribution is -2.48. The van der Waals surface area contributed by atoms with Crippen LogP contribution in [0.4, 0.5) is 5.69 Å². The van der Waals surface area contributed by atoms with E-state index >= 15 is 0 Å². The van der Waals surface area contributed by atoms with E-state index in [2.05, 4.69) is 34.5 Å². The van der Waals surface area contributed by atoms with E-state index < -0.39 is 0 Å². The zero-order valence-electron chi connectivity index (χ0n) is 11.4. The van der Waals surface area contributed by atoms with Crippen LogP contribution in [0, 0.1) is 0 Å². The van der Waals surface area contributed by atoms with Gasteiger partial charge in [-0.25, -0.2) is 0 Å². The number of nitrogens with one attached hydrogen (secondary N) is 1. The Morgan fingerprint density at radius 1 is 1.21 bits per heavy atom. The quantitative estimate of drug-likeness (QED) is 0.836. The summed E-state index contributed by atoms with van der Waals surface area (Å²) < 4.78 is 5.53. The number of nitrogens with zero attached hydrogens (tertiary/aromatic N) is 1. The molecule has 3 aliphatic heterocycles. The van der Waals surface area contributed by atoms with Crippen LogP contribution in [0.1, 0.15) is 24.8 Å². The SMILES string of the molecule is c1ccc2c(c1)NCC21CCN(C2CCOC2)CC1. The molecule has 1 unspecified atom stereocenters. The third kappa shape index (κ3) is 1.87. The van der Waals surface area contributed by atoms with Crippen molar-refractivity contribution in [2.24, 2.45) is 0 Å². The molecule has 0 aromatic heterocycles. The Hall–Kier alpha value is -1.06. The summed E-state index contributed by atoms with van der Waals surface area (Å²) in [6.45, 7) is 5.48. The van der Waals surface area contributed by atoms with E-state index in [0.29, 0.717) is 11.5 Å². The van der Waals surface area contributed by atoms with Crippen LogP contribution in [-0.4, -0.2) is 43.8 Å². The smallest absolute Gasteiger partial charge is 0.0622 e. The number of para-hydroxylation sites is 1. The van der Waals surface area contributed by atoms with E-state index in [-0.39, 0.29) is 0 Å². The van der Waals surface area contributed by atoms with Crippen LogP contribution >= 0.6 is 0 Å². The summed E-state index contributed by atoms with van der Waals surface area (Å²) in [6.07, 6.45) is 3.79. The van der Waals surface area contributed by atoms with Gasteiger partial charge in [0, 0.05) is 30.3 Å². The van der Waals surface area contributed by atoms with Gasteiger partial charge in [-0.15, -0.1) is 0 Å². The predicted molar refractivity (Wildman–Crippen MR) is 76.6 cm³/mol. The monoisotopic (exact) mass is 258 g/mol. The number of benzene rings is 1. The molecule has 0 amide bonds. The zero-order chi connectivity index (χ0) is 12.7. The summed E-state index contributed by atoms with van der Waals surface area (Å²) in [5.41, 5.74) is 3.31. The van der Waals surface area contributed by atoms with Crippen LogP contribution in [-0.2, 0) is 10.2 Å². The molecule has 1 atom stereocenters. The maximum absolute atomic E-state index is 5.53. The van der Waals surface area contributed by atoms with E-state index in [4.69, 9.17) is 4.74 Å². The van der Waals surface area contributed by atoms with E-state index in [1.807, 2.05) is 0 Å². The molecule has 1 aromatic rings. The molecule has 0 saturated carbocycles. The standard InChI is InChI=1S/C16H22N2O/c1-2-4-15-14(3-1)16(12-17-15)6-8-18(9-7-16)13-5-10-19-11-13/h1-4,13,17H,5-12H2. The highest BCUT2D eigenvalue weighted by Crippen LogP contribution is 2.44. The Morgan fingerprint density at radius 3 is 2.84 bits per heavy atom. The highest BCUT2D eigenvalue weighted by molar-refractivity contribution is 5.60. The van der Waals surface area contributed by atoms with Gasteiger partial charge in [0.1, 0.15) is 0 Å². The minimum absolute atomic E-state index is 0.395. The molecule has 2 fully saturated rings. The van der Waals surface area contributed by atoms with Crippen molar-refractivity contribution < 1.29 is 4.74 Å². The Bertz CT molecular complexity index is 460. The van der Waals surface area contributed by atoms with Crippen molar-refractivity contribution in [2.45, 2.75) is 30.7 Å². The molecule has 2 saturated heterocycles. The van der Waals surface area contributed by atoms with Gasteiger partial charge in [-0.1, -0.05) is 18.2 Å². The van der Waals surface area contributed by atoms with E-state index in [1.54, 1.807) is 5.56 Å². The van der Waals surface area contributed by atoms with Crippen molar-refractivity contribution >= 4 is 5.69 Å². The van der Waals surface area contributed by atoms with Crippen molar-refractivity contribution in [2.75, 3.05) is 38.2 Å². The molecule has 102 valence electrons. The third-order valence-corrected chi connectivity index (χ3v) is 5.29. The first-order valence-electron chi connectivity index (χ1n) is 7.53. The lowest BCUT2D eigenvalue weighted by molar-refractivity contribution is 0.103. The maximum atomic E-state index is 5.53. The van der Waals surface area contributed by atoms with Gasteiger partial charge in [-0.2, -0.15) is 0 Å². The molecule has 0 radical (unpaired) electrons. The van der Waals surface area contributed by atoms with E-state index in [0.717, 1.165) is 19.8 Å². The Kier molecular flexibility index (Phi) is 2.78. The highest BCUT2D eigenvalue weighted by Gasteiger charge is 2.42. The van der Waals surface area contributed by atoms with Crippen LogP contribution in [0.5, 0.6) is 0 Å². The van der Waals surface area contributed by atoms with Crippen LogP contribution in [0.25, 0.3) is 0 Å². The summed E-state index contributed by atoms with van der Waals surface area (Å²) in [5.74, 6) is 0. The molecule has 19 heavy (non-hydrogen) atoms. The maximum Gasteiger partial charge on any atom is 0.0622 e. The summed E-state index contributed by atoms with van der Waals surface area (Å²) in [4.78, 5) is 2.65. The molecule has 1 aromatic carbocycles. The van der Waals surface area contributed by atoms with Gasteiger partial charge < -0.3 is 10.1 Å². The second-order valence-electron chi connectivity index (χ2n) is 6.23. The number of hydrogen-bond donors (Lipinski definition) is 1. The number of fused-ring (bicyclic) bond motifs is 2. The van der Waals surface area contributed by atoms with Gasteiger partial charge >= 0.3 is 0 Å². The number of rotatable bonds is 1. The first-order chi connectivity index (χ1) is 9.37. The average molecular weight is 258 g/mol. The second kappa shape index (κ2) is 4.50. The molecule has 3 heteroatoms. The molecular formula is C16H22N2O. The average Bonchev–Trinajstić information content (AvgIpc) is 3.10. The molecular weight excluding hydrogens is 236 g/mol. The van der Waals surface area contributed by atoms with Gasteiger partial charge in [0.05, 0.1) is 6.61 Å². The molecule has 1 spiro atoms. The Balaban J connectivity index is 1.51. The minimum Gasteiger partial charge on any atom is -0.384 e. The lowest BCUT2D eigenvalue weighted by Gasteiger charge is -2.41. The van der Waals surface area contributed by atoms with E-state index in [9.17, 15) is 0 Å². The molecule has 0 bridgehead atoms. The number of anilines is 1. The normalized spacial score (nSPS) is 29.4. The third-order valence-electron chi connectivity index (χ3n) is 5.29. The predicted octanol–water partition coefficient (Wildman–Crippen LogP) is 2.23. The lowest BCUT2D eigenvalue weighted by atomic mass is 9.74. The van der Waals surface area contributed by atoms with Gasteiger partial charge in [-0.3, -0.25) is 4.90 Å². The van der Waals surface area contributed by atoms with Gasteiger partial charge in [0.15, 0.2) is 0 Å². The largest absolute Gasteiger partial charge is 0.384 e. The molecule has 4 rings (SSSR count). The molecule has 1 N–H and O–H groups in total. The van der Waals surface area contributed by atoms with Crippen LogP contribution < -0.4 is 5.32 Å². The summed E-state index contributed by atoms with van der Waals surface area (Å²) in [6, 6.07) is 9.55. The summed E-state index contributed by atoms with van der Waals surface area (Å²) in [5, 5.41) is 3.60. The van der Waals surface area contributed by atoms with Crippen molar-refractivity contribution in [3.63, 3.8) is 0 Å². The zero-order valence-corrected chi connectivity index (χ0v) is 11.4. The number of hydrogen-bond acceptors (Lipinski definition) is 3. The van der Waals surface area contributed by atoms with Gasteiger partial charge in [0.25, 0.3) is 0 Å². The molecule has 3 nitrogen and oxygen atoms in total. The number of ether oxygens (including phenoxy) is 1. The molecule has 0 aliphatic carbocycles. The first kappa shape index (κ1) is 11.7. The number of piperidine rings is 1. The van der Waals surface area contributed by atoms with Crippen molar-refractivity contribution in [1.82, 2.24) is 4.90 Å². The van der Waals surface area contributed by atoms with Crippen molar-refractivity contribution in [3.8, 4) is 0 Å². The fourth-order valence-corrected chi connectivity index (χ4v) is 4.03. The van der Waals surface area contributed by atoms with Crippen molar-refractivity contribution in [3.05, 3.63) is 29.8 Å². The second-order valence-corrected chi connectivity index (χ2v) is 6.23. The number of likely N-dealkylation sites (tertiary alicyclic amines) is 1. The van der Waals surface area contributed by atoms with Crippen molar-refractivity contribution in [1.29, 1.82) is 0 Å². The minimum atomic E-state index is 0.395. The van der Waals surface area contributed by atoms with E-state index in [1.165, 1.54) is 38.0 Å². The first-order valence-corrected chi connectivity index (χ1v) is 7.53. The van der Waals surface area contributed by atoms with Gasteiger partial charge in [-0.05, 0) is 44.0 Å². The van der Waals surface area contributed by atoms with Crippen LogP contribution in [0.15, 0.2) is 24.3 Å². The summed E-state index contributed by atoms with van der Waals surface area (Å²) in [7, 11) is 0. The Labute approximate surface area is 114 Å². The highest BCUT2D eigenvalue weighted by atomic mass is 16.5. The summed E-state index contributed by atoms with van der Waals surface area (Å²) >= 11 is 0. The fraction of sp³-hybridized carbons (Fsp3) is 0.625. The fourth-order valence-electron chi connectivity index (χ4n) is 4.03. The molecule has 3 heterocycles. The molecule has 3 aliphatic rings. The van der Waals surface area contributed by atoms with Crippen LogP contribution in [0.2, 0.25) is 0 Å². The Morgan fingerprint density at radius 2 is 2.05 bits per heavy atom. The topological polar surface area (TPSA) is 24.5 Å². The van der Waals surface area contributed by atoms with Crippen LogP contribution in [0.3, 0.4) is 0 Å².